The van der Waals surface area contributed by atoms with Crippen molar-refractivity contribution in [1.29, 1.82) is 5.26 Å². The molecule has 2 atom stereocenters. The normalized spacial score (nSPS) is 34.9. The summed E-state index contributed by atoms with van der Waals surface area (Å²) in [6, 6.07) is 1.77. The second kappa shape index (κ2) is 2.78. The van der Waals surface area contributed by atoms with Gasteiger partial charge in [-0.1, -0.05) is 0 Å². The second-order valence-corrected chi connectivity index (χ2v) is 4.87. The van der Waals surface area contributed by atoms with E-state index in [1.54, 1.807) is 6.07 Å². The first kappa shape index (κ1) is 8.47. The molecule has 1 heterocycles. The van der Waals surface area contributed by atoms with Crippen LogP contribution in [0.15, 0.2) is 0 Å². The Morgan fingerprint density at radius 3 is 2.55 bits per heavy atom. The van der Waals surface area contributed by atoms with Crippen LogP contribution in [0.1, 0.15) is 6.42 Å². The predicted octanol–water partition coefficient (Wildman–Crippen LogP) is 0.283. The van der Waals surface area contributed by atoms with Crippen molar-refractivity contribution in [2.45, 2.75) is 12.6 Å². The zero-order valence-corrected chi connectivity index (χ0v) is 6.64. The summed E-state index contributed by atoms with van der Waals surface area (Å²) in [5, 5.41) is 8.20. The third-order valence-corrected chi connectivity index (χ3v) is 3.51. The van der Waals surface area contributed by atoms with E-state index in [-0.39, 0.29) is 12.2 Å². The molecule has 1 aliphatic heterocycles. The molecule has 5 heteroatoms. The average Bonchev–Trinajstić information content (AvgIpc) is 2.07. The van der Waals surface area contributed by atoms with Crippen LogP contribution in [-0.2, 0) is 9.84 Å². The van der Waals surface area contributed by atoms with Crippen molar-refractivity contribution in [2.24, 2.45) is 5.92 Å². The Hall–Kier alpha value is -0.630. The van der Waals surface area contributed by atoms with Gasteiger partial charge in [-0.2, -0.15) is 5.26 Å². The SMILES string of the molecule is N#CC[C@@H]1CS(=O)(=O)C[C@H]1F. The van der Waals surface area contributed by atoms with Gasteiger partial charge in [-0.25, -0.2) is 12.8 Å². The molecular weight excluding hydrogens is 169 g/mol. The first-order chi connectivity index (χ1) is 5.05. The topological polar surface area (TPSA) is 57.9 Å². The molecule has 0 aromatic rings. The molecule has 1 saturated heterocycles. The van der Waals surface area contributed by atoms with Crippen molar-refractivity contribution in [1.82, 2.24) is 0 Å². The Labute approximate surface area is 64.7 Å². The number of hydrogen-bond acceptors (Lipinski definition) is 3. The van der Waals surface area contributed by atoms with Gasteiger partial charge in [0.1, 0.15) is 6.17 Å². The van der Waals surface area contributed by atoms with Gasteiger partial charge >= 0.3 is 0 Å². The molecule has 0 aromatic heterocycles. The standard InChI is InChI=1S/C6H8FNO2S/c7-6-4-11(9,10)3-5(6)1-2-8/h5-6H,1,3-4H2/t5-,6-/m1/s1. The number of hydrogen-bond donors (Lipinski definition) is 0. The maximum atomic E-state index is 12.7. The number of halogens is 1. The average molecular weight is 177 g/mol. The largest absolute Gasteiger partial charge is 0.246 e. The van der Waals surface area contributed by atoms with E-state index in [4.69, 9.17) is 5.26 Å². The Balaban J connectivity index is 2.68. The van der Waals surface area contributed by atoms with E-state index in [2.05, 4.69) is 0 Å². The molecule has 0 aliphatic carbocycles. The molecule has 0 unspecified atom stereocenters. The quantitative estimate of drug-likeness (QED) is 0.578. The van der Waals surface area contributed by atoms with Crippen molar-refractivity contribution < 1.29 is 12.8 Å². The van der Waals surface area contributed by atoms with E-state index in [0.29, 0.717) is 0 Å². The van der Waals surface area contributed by atoms with Crippen LogP contribution < -0.4 is 0 Å². The summed E-state index contributed by atoms with van der Waals surface area (Å²) in [7, 11) is -3.19. The molecule has 0 aromatic carbocycles. The van der Waals surface area contributed by atoms with E-state index in [1.165, 1.54) is 0 Å². The molecule has 0 radical (unpaired) electrons. The highest BCUT2D eigenvalue weighted by molar-refractivity contribution is 7.91. The summed E-state index contributed by atoms with van der Waals surface area (Å²) in [5.74, 6) is -1.16. The number of rotatable bonds is 1. The lowest BCUT2D eigenvalue weighted by molar-refractivity contribution is 0.288. The van der Waals surface area contributed by atoms with Crippen LogP contribution in [0.4, 0.5) is 4.39 Å². The van der Waals surface area contributed by atoms with Gasteiger partial charge in [-0.05, 0) is 0 Å². The molecule has 0 spiro atoms. The lowest BCUT2D eigenvalue weighted by Gasteiger charge is -2.02. The second-order valence-electron chi connectivity index (χ2n) is 2.72. The first-order valence-electron chi connectivity index (χ1n) is 3.26. The molecule has 1 fully saturated rings. The summed E-state index contributed by atoms with van der Waals surface area (Å²) in [6.07, 6.45) is -1.33. The van der Waals surface area contributed by atoms with Crippen molar-refractivity contribution in [3.63, 3.8) is 0 Å². The molecular formula is C6H8FNO2S. The summed E-state index contributed by atoms with van der Waals surface area (Å²) in [4.78, 5) is 0. The summed E-state index contributed by atoms with van der Waals surface area (Å²) >= 11 is 0. The van der Waals surface area contributed by atoms with E-state index in [1.807, 2.05) is 0 Å². The van der Waals surface area contributed by atoms with Crippen LogP contribution >= 0.6 is 0 Å². The highest BCUT2D eigenvalue weighted by atomic mass is 32.2. The number of sulfone groups is 1. The van der Waals surface area contributed by atoms with Crippen LogP contribution in [0, 0.1) is 17.2 Å². The molecule has 3 nitrogen and oxygen atoms in total. The van der Waals surface area contributed by atoms with Crippen LogP contribution in [0.25, 0.3) is 0 Å². The van der Waals surface area contributed by atoms with E-state index >= 15 is 0 Å². The first-order valence-corrected chi connectivity index (χ1v) is 5.09. The fourth-order valence-corrected chi connectivity index (χ4v) is 3.05. The summed E-state index contributed by atoms with van der Waals surface area (Å²) < 4.78 is 34.3. The minimum atomic E-state index is -3.19. The number of nitrogens with zero attached hydrogens (tertiary/aromatic N) is 1. The predicted molar refractivity (Wildman–Crippen MR) is 37.3 cm³/mol. The van der Waals surface area contributed by atoms with Gasteiger partial charge in [0.2, 0.25) is 0 Å². The summed E-state index contributed by atoms with van der Waals surface area (Å²) in [5.41, 5.74) is 0. The Morgan fingerprint density at radius 1 is 1.55 bits per heavy atom. The maximum Gasteiger partial charge on any atom is 0.153 e. The minimum Gasteiger partial charge on any atom is -0.246 e. The van der Waals surface area contributed by atoms with E-state index in [0.717, 1.165) is 0 Å². The zero-order valence-electron chi connectivity index (χ0n) is 5.83. The molecule has 0 amide bonds. The highest BCUT2D eigenvalue weighted by Gasteiger charge is 2.37. The lowest BCUT2D eigenvalue weighted by Crippen LogP contribution is -2.11. The molecule has 0 N–H and O–H groups in total. The van der Waals surface area contributed by atoms with Crippen molar-refractivity contribution in [3.8, 4) is 6.07 Å². The third kappa shape index (κ3) is 1.90. The van der Waals surface area contributed by atoms with E-state index in [9.17, 15) is 12.8 Å². The number of nitriles is 1. The van der Waals surface area contributed by atoms with Gasteiger partial charge in [0.25, 0.3) is 0 Å². The van der Waals surface area contributed by atoms with E-state index < -0.39 is 27.7 Å². The minimum absolute atomic E-state index is 0.000394. The van der Waals surface area contributed by atoms with Gasteiger partial charge in [-0.3, -0.25) is 0 Å². The Bertz CT molecular complexity index is 279. The Morgan fingerprint density at radius 2 is 2.18 bits per heavy atom. The van der Waals surface area contributed by atoms with Crippen molar-refractivity contribution in [3.05, 3.63) is 0 Å². The van der Waals surface area contributed by atoms with Gasteiger partial charge in [-0.15, -0.1) is 0 Å². The maximum absolute atomic E-state index is 12.7. The van der Waals surface area contributed by atoms with Crippen LogP contribution in [0.2, 0.25) is 0 Å². The lowest BCUT2D eigenvalue weighted by atomic mass is 10.1. The van der Waals surface area contributed by atoms with Crippen LogP contribution in [0.3, 0.4) is 0 Å². The van der Waals surface area contributed by atoms with Gasteiger partial charge in [0.05, 0.1) is 17.6 Å². The third-order valence-electron chi connectivity index (χ3n) is 1.75. The van der Waals surface area contributed by atoms with Crippen LogP contribution in [-0.4, -0.2) is 26.1 Å². The smallest absolute Gasteiger partial charge is 0.153 e. The zero-order chi connectivity index (χ0) is 8.48. The molecule has 62 valence electrons. The molecule has 0 saturated carbocycles. The highest BCUT2D eigenvalue weighted by Crippen LogP contribution is 2.24. The molecule has 1 aliphatic rings. The van der Waals surface area contributed by atoms with Gasteiger partial charge in [0, 0.05) is 12.3 Å². The van der Waals surface area contributed by atoms with Gasteiger partial charge in [0.15, 0.2) is 9.84 Å². The molecule has 0 bridgehead atoms. The van der Waals surface area contributed by atoms with Crippen molar-refractivity contribution in [2.75, 3.05) is 11.5 Å². The fourth-order valence-electron chi connectivity index (χ4n) is 1.18. The van der Waals surface area contributed by atoms with Crippen LogP contribution in [0.5, 0.6) is 0 Å². The molecule has 11 heavy (non-hydrogen) atoms. The number of alkyl halides is 1. The Kier molecular flexibility index (Phi) is 2.14. The van der Waals surface area contributed by atoms with Gasteiger partial charge < -0.3 is 0 Å². The summed E-state index contributed by atoms with van der Waals surface area (Å²) in [6.45, 7) is 0. The van der Waals surface area contributed by atoms with Crippen molar-refractivity contribution >= 4 is 9.84 Å². The fraction of sp³-hybridized carbons (Fsp3) is 0.833. The monoisotopic (exact) mass is 177 g/mol. The molecule has 1 rings (SSSR count).